The van der Waals surface area contributed by atoms with Crippen molar-refractivity contribution in [1.82, 2.24) is 9.97 Å². The summed E-state index contributed by atoms with van der Waals surface area (Å²) in [7, 11) is 1.87. The zero-order valence-corrected chi connectivity index (χ0v) is 13.2. The Morgan fingerprint density at radius 1 is 1.25 bits per heavy atom. The smallest absolute Gasteiger partial charge is 0.134 e. The van der Waals surface area contributed by atoms with Crippen molar-refractivity contribution in [2.45, 2.75) is 52.5 Å². The minimum Gasteiger partial charge on any atom is -0.395 e. The standard InChI is InChI=1S/C15H28N4O/c1-5-8-13-17-14(16-4)11-15(18-13)19(9-10-20)12(6-2)7-3/h11-12,20H,5-10H2,1-4H3,(H,16,17,18). The Labute approximate surface area is 122 Å². The molecule has 0 saturated heterocycles. The van der Waals surface area contributed by atoms with Crippen LogP contribution in [0.2, 0.25) is 0 Å². The molecule has 5 nitrogen and oxygen atoms in total. The first kappa shape index (κ1) is 16.7. The third-order valence-electron chi connectivity index (χ3n) is 3.51. The van der Waals surface area contributed by atoms with Crippen molar-refractivity contribution in [3.05, 3.63) is 11.9 Å². The molecule has 1 aromatic heterocycles. The summed E-state index contributed by atoms with van der Waals surface area (Å²) in [5.74, 6) is 2.62. The van der Waals surface area contributed by atoms with Gasteiger partial charge in [0.25, 0.3) is 0 Å². The molecule has 0 aliphatic carbocycles. The number of hydrogen-bond acceptors (Lipinski definition) is 5. The van der Waals surface area contributed by atoms with E-state index >= 15 is 0 Å². The largest absolute Gasteiger partial charge is 0.395 e. The lowest BCUT2D eigenvalue weighted by Gasteiger charge is -2.31. The van der Waals surface area contributed by atoms with E-state index in [0.717, 1.165) is 43.1 Å². The number of anilines is 2. The van der Waals surface area contributed by atoms with E-state index in [4.69, 9.17) is 0 Å². The highest BCUT2D eigenvalue weighted by molar-refractivity contribution is 5.50. The molecule has 0 fully saturated rings. The predicted molar refractivity (Wildman–Crippen MR) is 84.4 cm³/mol. The van der Waals surface area contributed by atoms with E-state index in [0.29, 0.717) is 12.6 Å². The zero-order chi connectivity index (χ0) is 15.0. The molecule has 5 heteroatoms. The lowest BCUT2D eigenvalue weighted by atomic mass is 10.1. The average Bonchev–Trinajstić information content (AvgIpc) is 2.47. The van der Waals surface area contributed by atoms with E-state index in [1.165, 1.54) is 0 Å². The molecular weight excluding hydrogens is 252 g/mol. The number of aryl methyl sites for hydroxylation is 1. The maximum atomic E-state index is 9.34. The van der Waals surface area contributed by atoms with Crippen molar-refractivity contribution in [2.24, 2.45) is 0 Å². The number of aliphatic hydroxyl groups excluding tert-OH is 1. The second-order valence-electron chi connectivity index (χ2n) is 4.91. The van der Waals surface area contributed by atoms with Gasteiger partial charge in [0, 0.05) is 32.1 Å². The lowest BCUT2D eigenvalue weighted by molar-refractivity contribution is 0.295. The third kappa shape index (κ3) is 4.34. The van der Waals surface area contributed by atoms with Crippen LogP contribution in [-0.2, 0) is 6.42 Å². The number of aromatic nitrogens is 2. The Balaban J connectivity index is 3.13. The first-order chi connectivity index (χ1) is 9.69. The highest BCUT2D eigenvalue weighted by atomic mass is 16.3. The van der Waals surface area contributed by atoms with Gasteiger partial charge >= 0.3 is 0 Å². The quantitative estimate of drug-likeness (QED) is 0.727. The summed E-state index contributed by atoms with van der Waals surface area (Å²) in [5, 5.41) is 12.4. The summed E-state index contributed by atoms with van der Waals surface area (Å²) in [6.45, 7) is 7.22. The number of hydrogen-bond donors (Lipinski definition) is 2. The first-order valence-electron chi connectivity index (χ1n) is 7.63. The topological polar surface area (TPSA) is 61.3 Å². The van der Waals surface area contributed by atoms with Gasteiger partial charge in [-0.3, -0.25) is 0 Å². The lowest BCUT2D eigenvalue weighted by Crippen LogP contribution is -2.37. The van der Waals surface area contributed by atoms with E-state index < -0.39 is 0 Å². The van der Waals surface area contributed by atoms with Crippen molar-refractivity contribution in [2.75, 3.05) is 30.4 Å². The fourth-order valence-corrected chi connectivity index (χ4v) is 2.42. The molecule has 0 aliphatic heterocycles. The molecule has 0 atom stereocenters. The number of aliphatic hydroxyl groups is 1. The molecule has 114 valence electrons. The summed E-state index contributed by atoms with van der Waals surface area (Å²) < 4.78 is 0. The van der Waals surface area contributed by atoms with Crippen LogP contribution in [-0.4, -0.2) is 41.3 Å². The van der Waals surface area contributed by atoms with Crippen LogP contribution in [0.1, 0.15) is 45.9 Å². The summed E-state index contributed by atoms with van der Waals surface area (Å²) >= 11 is 0. The summed E-state index contributed by atoms with van der Waals surface area (Å²) in [6, 6.07) is 2.36. The number of nitrogens with zero attached hydrogens (tertiary/aromatic N) is 3. The molecule has 0 spiro atoms. The second kappa shape index (κ2) is 8.74. The van der Waals surface area contributed by atoms with Gasteiger partial charge in [0.2, 0.25) is 0 Å². The molecule has 0 saturated carbocycles. The fourth-order valence-electron chi connectivity index (χ4n) is 2.42. The maximum absolute atomic E-state index is 9.34. The molecule has 1 rings (SSSR count). The Morgan fingerprint density at radius 3 is 2.45 bits per heavy atom. The predicted octanol–water partition coefficient (Wildman–Crippen LogP) is 2.46. The molecule has 1 aromatic rings. The normalized spacial score (nSPS) is 10.9. The molecule has 0 aromatic carbocycles. The molecule has 20 heavy (non-hydrogen) atoms. The van der Waals surface area contributed by atoms with Crippen LogP contribution in [0.3, 0.4) is 0 Å². The van der Waals surface area contributed by atoms with Gasteiger partial charge in [0.05, 0.1) is 6.61 Å². The zero-order valence-electron chi connectivity index (χ0n) is 13.2. The number of nitrogens with one attached hydrogen (secondary N) is 1. The summed E-state index contributed by atoms with van der Waals surface area (Å²) in [5.41, 5.74) is 0. The summed E-state index contributed by atoms with van der Waals surface area (Å²) in [6.07, 6.45) is 3.98. The first-order valence-corrected chi connectivity index (χ1v) is 7.63. The minimum absolute atomic E-state index is 0.137. The Morgan fingerprint density at radius 2 is 1.95 bits per heavy atom. The Hall–Kier alpha value is -1.36. The van der Waals surface area contributed by atoms with Crippen molar-refractivity contribution in [1.29, 1.82) is 0 Å². The van der Waals surface area contributed by atoms with Crippen molar-refractivity contribution in [3.63, 3.8) is 0 Å². The maximum Gasteiger partial charge on any atom is 0.134 e. The Kier molecular flexibility index (Phi) is 7.30. The van der Waals surface area contributed by atoms with Crippen molar-refractivity contribution in [3.8, 4) is 0 Å². The molecule has 0 bridgehead atoms. The van der Waals surface area contributed by atoms with Crippen molar-refractivity contribution >= 4 is 11.6 Å². The van der Waals surface area contributed by atoms with E-state index in [-0.39, 0.29) is 6.61 Å². The number of rotatable bonds is 9. The van der Waals surface area contributed by atoms with E-state index in [1.54, 1.807) is 0 Å². The monoisotopic (exact) mass is 280 g/mol. The van der Waals surface area contributed by atoms with Gasteiger partial charge in [0.15, 0.2) is 0 Å². The van der Waals surface area contributed by atoms with E-state index in [9.17, 15) is 5.11 Å². The van der Waals surface area contributed by atoms with Gasteiger partial charge in [-0.2, -0.15) is 0 Å². The molecule has 2 N–H and O–H groups in total. The van der Waals surface area contributed by atoms with Crippen LogP contribution in [0, 0.1) is 0 Å². The van der Waals surface area contributed by atoms with Gasteiger partial charge in [-0.25, -0.2) is 9.97 Å². The Bertz CT molecular complexity index is 393. The van der Waals surface area contributed by atoms with E-state index in [2.05, 4.69) is 41.0 Å². The second-order valence-corrected chi connectivity index (χ2v) is 4.91. The van der Waals surface area contributed by atoms with Crippen LogP contribution in [0.4, 0.5) is 11.6 Å². The van der Waals surface area contributed by atoms with Crippen LogP contribution in [0.25, 0.3) is 0 Å². The molecule has 0 aliphatic rings. The van der Waals surface area contributed by atoms with Gasteiger partial charge in [0.1, 0.15) is 17.5 Å². The molecular formula is C15H28N4O. The highest BCUT2D eigenvalue weighted by Crippen LogP contribution is 2.21. The van der Waals surface area contributed by atoms with Crippen LogP contribution in [0.5, 0.6) is 0 Å². The van der Waals surface area contributed by atoms with Crippen LogP contribution >= 0.6 is 0 Å². The van der Waals surface area contributed by atoms with Gasteiger partial charge in [-0.1, -0.05) is 20.8 Å². The van der Waals surface area contributed by atoms with E-state index in [1.807, 2.05) is 13.1 Å². The van der Waals surface area contributed by atoms with Gasteiger partial charge in [-0.15, -0.1) is 0 Å². The van der Waals surface area contributed by atoms with Gasteiger partial charge in [-0.05, 0) is 19.3 Å². The van der Waals surface area contributed by atoms with Crippen LogP contribution < -0.4 is 10.2 Å². The average molecular weight is 280 g/mol. The minimum atomic E-state index is 0.137. The van der Waals surface area contributed by atoms with Gasteiger partial charge < -0.3 is 15.3 Å². The molecule has 0 amide bonds. The van der Waals surface area contributed by atoms with Crippen molar-refractivity contribution < 1.29 is 5.11 Å². The SMILES string of the molecule is CCCc1nc(NC)cc(N(CCO)C(CC)CC)n1. The molecule has 0 radical (unpaired) electrons. The third-order valence-corrected chi connectivity index (χ3v) is 3.51. The van der Waals surface area contributed by atoms with Crippen LogP contribution in [0.15, 0.2) is 6.07 Å². The molecule has 1 heterocycles. The fraction of sp³-hybridized carbons (Fsp3) is 0.733. The highest BCUT2D eigenvalue weighted by Gasteiger charge is 2.18. The summed E-state index contributed by atoms with van der Waals surface area (Å²) in [4.78, 5) is 11.4. The molecule has 0 unspecified atom stereocenters.